The minimum atomic E-state index is -0.112. The lowest BCUT2D eigenvalue weighted by molar-refractivity contribution is 0.351. The van der Waals surface area contributed by atoms with E-state index in [9.17, 15) is 4.79 Å². The molecule has 1 aliphatic rings. The smallest absolute Gasteiger partial charge is 0.251 e. The standard InChI is InChI=1S/C21H30N4O/c1-4-18-13-20(26)24-21(23-18)17-7-8-19(22-14-17)25-11-9-16(10-12-25)6-5-15(2)3/h7-8,13-16H,4-6,9-12H2,1-3H3,(H,23,24,26). The van der Waals surface area contributed by atoms with Crippen LogP contribution in [0.3, 0.4) is 0 Å². The molecule has 1 aliphatic heterocycles. The molecule has 5 nitrogen and oxygen atoms in total. The van der Waals surface area contributed by atoms with E-state index < -0.39 is 0 Å². The summed E-state index contributed by atoms with van der Waals surface area (Å²) in [6.45, 7) is 8.76. The topological polar surface area (TPSA) is 61.9 Å². The van der Waals surface area contributed by atoms with Gasteiger partial charge < -0.3 is 9.88 Å². The molecule has 0 saturated carbocycles. The second kappa shape index (κ2) is 8.47. The van der Waals surface area contributed by atoms with Gasteiger partial charge in [0.25, 0.3) is 5.56 Å². The van der Waals surface area contributed by atoms with Crippen LogP contribution in [-0.4, -0.2) is 28.0 Å². The van der Waals surface area contributed by atoms with Gasteiger partial charge in [0.2, 0.25) is 0 Å². The number of nitrogens with one attached hydrogen (secondary N) is 1. The SMILES string of the molecule is CCc1cc(=O)[nH]c(-c2ccc(N3CCC(CCC(C)C)CC3)nc2)n1. The molecule has 2 aromatic heterocycles. The second-order valence-electron chi connectivity index (χ2n) is 7.75. The van der Waals surface area contributed by atoms with Crippen LogP contribution in [0.5, 0.6) is 0 Å². The normalized spacial score (nSPS) is 15.6. The zero-order valence-electron chi connectivity index (χ0n) is 16.2. The highest BCUT2D eigenvalue weighted by Gasteiger charge is 2.20. The molecular weight excluding hydrogens is 324 g/mol. The number of piperidine rings is 1. The molecule has 140 valence electrons. The number of hydrogen-bond acceptors (Lipinski definition) is 4. The number of pyridine rings is 1. The maximum Gasteiger partial charge on any atom is 0.251 e. The van der Waals surface area contributed by atoms with Crippen molar-refractivity contribution in [3.8, 4) is 11.4 Å². The Balaban J connectivity index is 1.64. The largest absolute Gasteiger partial charge is 0.357 e. The maximum atomic E-state index is 11.8. The highest BCUT2D eigenvalue weighted by Crippen LogP contribution is 2.27. The van der Waals surface area contributed by atoms with E-state index in [0.29, 0.717) is 5.82 Å². The maximum absolute atomic E-state index is 11.8. The van der Waals surface area contributed by atoms with E-state index in [4.69, 9.17) is 0 Å². The zero-order valence-corrected chi connectivity index (χ0v) is 16.2. The average molecular weight is 354 g/mol. The van der Waals surface area contributed by atoms with Gasteiger partial charge in [-0.25, -0.2) is 9.97 Å². The Hall–Kier alpha value is -2.17. The van der Waals surface area contributed by atoms with Gasteiger partial charge in [0.15, 0.2) is 0 Å². The minimum Gasteiger partial charge on any atom is -0.357 e. The molecule has 3 rings (SSSR count). The minimum absolute atomic E-state index is 0.112. The quantitative estimate of drug-likeness (QED) is 0.850. The third-order valence-corrected chi connectivity index (χ3v) is 5.27. The van der Waals surface area contributed by atoms with Crippen molar-refractivity contribution in [3.05, 3.63) is 40.4 Å². The van der Waals surface area contributed by atoms with Crippen molar-refractivity contribution in [2.75, 3.05) is 18.0 Å². The van der Waals surface area contributed by atoms with Gasteiger partial charge in [-0.1, -0.05) is 33.6 Å². The third kappa shape index (κ3) is 4.71. The number of H-pyrrole nitrogens is 1. The molecule has 0 unspecified atom stereocenters. The number of aromatic nitrogens is 3. The van der Waals surface area contributed by atoms with Crippen LogP contribution in [0.1, 0.15) is 52.1 Å². The van der Waals surface area contributed by atoms with Gasteiger partial charge in [-0.05, 0) is 43.2 Å². The van der Waals surface area contributed by atoms with Crippen molar-refractivity contribution in [2.24, 2.45) is 11.8 Å². The summed E-state index contributed by atoms with van der Waals surface area (Å²) < 4.78 is 0. The van der Waals surface area contributed by atoms with Gasteiger partial charge in [-0.2, -0.15) is 0 Å². The lowest BCUT2D eigenvalue weighted by Gasteiger charge is -2.33. The van der Waals surface area contributed by atoms with Gasteiger partial charge in [0.1, 0.15) is 11.6 Å². The summed E-state index contributed by atoms with van der Waals surface area (Å²) in [5.74, 6) is 3.28. The van der Waals surface area contributed by atoms with E-state index >= 15 is 0 Å². The molecule has 0 bridgehead atoms. The fraction of sp³-hybridized carbons (Fsp3) is 0.571. The molecule has 0 aliphatic carbocycles. The van der Waals surface area contributed by atoms with E-state index in [1.807, 2.05) is 25.3 Å². The lowest BCUT2D eigenvalue weighted by Crippen LogP contribution is -2.34. The Morgan fingerprint density at radius 1 is 1.27 bits per heavy atom. The van der Waals surface area contributed by atoms with Crippen LogP contribution in [0.15, 0.2) is 29.2 Å². The second-order valence-corrected chi connectivity index (χ2v) is 7.75. The molecule has 1 N–H and O–H groups in total. The molecule has 0 atom stereocenters. The number of aromatic amines is 1. The van der Waals surface area contributed by atoms with Gasteiger partial charge >= 0.3 is 0 Å². The van der Waals surface area contributed by atoms with Crippen molar-refractivity contribution in [3.63, 3.8) is 0 Å². The number of nitrogens with zero attached hydrogens (tertiary/aromatic N) is 3. The van der Waals surface area contributed by atoms with Crippen molar-refractivity contribution in [1.82, 2.24) is 15.0 Å². The van der Waals surface area contributed by atoms with Crippen molar-refractivity contribution < 1.29 is 0 Å². The summed E-state index contributed by atoms with van der Waals surface area (Å²) in [6.07, 6.45) is 7.75. The fourth-order valence-corrected chi connectivity index (χ4v) is 3.56. The molecule has 0 aromatic carbocycles. The molecule has 1 fully saturated rings. The molecule has 3 heterocycles. The van der Waals surface area contributed by atoms with E-state index in [1.165, 1.54) is 25.7 Å². The first-order valence-corrected chi connectivity index (χ1v) is 9.86. The Bertz CT molecular complexity index is 758. The summed E-state index contributed by atoms with van der Waals surface area (Å²) in [5, 5.41) is 0. The predicted octanol–water partition coefficient (Wildman–Crippen LogP) is 4.05. The first-order valence-electron chi connectivity index (χ1n) is 9.86. The van der Waals surface area contributed by atoms with Crippen LogP contribution < -0.4 is 10.5 Å². The fourth-order valence-electron chi connectivity index (χ4n) is 3.56. The van der Waals surface area contributed by atoms with Crippen LogP contribution >= 0.6 is 0 Å². The highest BCUT2D eigenvalue weighted by molar-refractivity contribution is 5.56. The summed E-state index contributed by atoms with van der Waals surface area (Å²) in [5.41, 5.74) is 1.55. The van der Waals surface area contributed by atoms with Gasteiger partial charge in [-0.3, -0.25) is 4.79 Å². The van der Waals surface area contributed by atoms with Crippen LogP contribution in [0.4, 0.5) is 5.82 Å². The van der Waals surface area contributed by atoms with Crippen LogP contribution in [0.2, 0.25) is 0 Å². The number of aryl methyl sites for hydroxylation is 1. The van der Waals surface area contributed by atoms with Crippen molar-refractivity contribution in [1.29, 1.82) is 0 Å². The summed E-state index contributed by atoms with van der Waals surface area (Å²) >= 11 is 0. The molecule has 0 amide bonds. The Morgan fingerprint density at radius 3 is 2.65 bits per heavy atom. The lowest BCUT2D eigenvalue weighted by atomic mass is 9.89. The highest BCUT2D eigenvalue weighted by atomic mass is 16.1. The summed E-state index contributed by atoms with van der Waals surface area (Å²) in [7, 11) is 0. The number of rotatable bonds is 6. The van der Waals surface area contributed by atoms with E-state index in [2.05, 4.69) is 33.7 Å². The van der Waals surface area contributed by atoms with Gasteiger partial charge in [0, 0.05) is 36.6 Å². The Kier molecular flexibility index (Phi) is 6.07. The number of anilines is 1. The Labute approximate surface area is 155 Å². The van der Waals surface area contributed by atoms with Crippen LogP contribution in [-0.2, 0) is 6.42 Å². The zero-order chi connectivity index (χ0) is 18.5. The van der Waals surface area contributed by atoms with Gasteiger partial charge in [0.05, 0.1) is 0 Å². The van der Waals surface area contributed by atoms with E-state index in [1.54, 1.807) is 6.07 Å². The summed E-state index contributed by atoms with van der Waals surface area (Å²) in [4.78, 5) is 26.1. The van der Waals surface area contributed by atoms with Crippen LogP contribution in [0.25, 0.3) is 11.4 Å². The van der Waals surface area contributed by atoms with E-state index in [0.717, 1.165) is 48.4 Å². The molecular formula is C21H30N4O. The third-order valence-electron chi connectivity index (χ3n) is 5.27. The average Bonchev–Trinajstić information content (AvgIpc) is 2.66. The summed E-state index contributed by atoms with van der Waals surface area (Å²) in [6, 6.07) is 5.60. The molecule has 2 aromatic rings. The first-order chi connectivity index (χ1) is 12.5. The molecule has 0 spiro atoms. The first kappa shape index (κ1) is 18.6. The molecule has 26 heavy (non-hydrogen) atoms. The molecule has 1 saturated heterocycles. The van der Waals surface area contributed by atoms with Crippen LogP contribution in [0, 0.1) is 11.8 Å². The van der Waals surface area contributed by atoms with Gasteiger partial charge in [-0.15, -0.1) is 0 Å². The predicted molar refractivity (Wildman–Crippen MR) is 106 cm³/mol. The molecule has 0 radical (unpaired) electrons. The number of hydrogen-bond donors (Lipinski definition) is 1. The van der Waals surface area contributed by atoms with Crippen molar-refractivity contribution >= 4 is 5.82 Å². The van der Waals surface area contributed by atoms with E-state index in [-0.39, 0.29) is 5.56 Å². The van der Waals surface area contributed by atoms with Crippen molar-refractivity contribution in [2.45, 2.75) is 52.9 Å². The Morgan fingerprint density at radius 2 is 2.04 bits per heavy atom. The molecule has 5 heteroatoms. The monoisotopic (exact) mass is 354 g/mol.